The van der Waals surface area contributed by atoms with Crippen LogP contribution in [-0.4, -0.2) is 13.1 Å². The van der Waals surface area contributed by atoms with Gasteiger partial charge >= 0.3 is 0 Å². The molecule has 0 aromatic heterocycles. The summed E-state index contributed by atoms with van der Waals surface area (Å²) in [4.78, 5) is 0. The molecule has 2 heteroatoms. The molecule has 98 valence electrons. The van der Waals surface area contributed by atoms with Gasteiger partial charge < -0.3 is 10.6 Å². The van der Waals surface area contributed by atoms with E-state index in [1.54, 1.807) is 0 Å². The third kappa shape index (κ3) is 2.02. The fourth-order valence-corrected chi connectivity index (χ4v) is 2.91. The van der Waals surface area contributed by atoms with E-state index in [9.17, 15) is 0 Å². The minimum Gasteiger partial charge on any atom is -0.385 e. The molecule has 1 aliphatic rings. The Morgan fingerprint density at radius 1 is 1.05 bits per heavy atom. The molecule has 2 aromatic rings. The van der Waals surface area contributed by atoms with E-state index in [1.165, 1.54) is 27.6 Å². The Labute approximate surface area is 114 Å². The van der Waals surface area contributed by atoms with Crippen LogP contribution in [0.4, 0.5) is 5.69 Å². The van der Waals surface area contributed by atoms with E-state index in [2.05, 4.69) is 67.0 Å². The van der Waals surface area contributed by atoms with Crippen molar-refractivity contribution in [2.45, 2.75) is 19.9 Å². The van der Waals surface area contributed by atoms with Crippen molar-refractivity contribution in [2.24, 2.45) is 0 Å². The summed E-state index contributed by atoms with van der Waals surface area (Å²) in [6, 6.07) is 11.3. The molecule has 19 heavy (non-hydrogen) atoms. The first-order valence-electron chi connectivity index (χ1n) is 7.06. The number of nitrogens with one attached hydrogen (secondary N) is 2. The predicted molar refractivity (Wildman–Crippen MR) is 83.6 cm³/mol. The number of rotatable bonds is 4. The van der Waals surface area contributed by atoms with Crippen LogP contribution in [-0.2, 0) is 0 Å². The van der Waals surface area contributed by atoms with Crippen LogP contribution < -0.4 is 10.6 Å². The zero-order valence-corrected chi connectivity index (χ0v) is 11.5. The summed E-state index contributed by atoms with van der Waals surface area (Å²) < 4.78 is 0. The number of hydrogen-bond acceptors (Lipinski definition) is 2. The largest absolute Gasteiger partial charge is 0.385 e. The lowest BCUT2D eigenvalue weighted by molar-refractivity contribution is 0.652. The van der Waals surface area contributed by atoms with E-state index in [4.69, 9.17) is 0 Å². The van der Waals surface area contributed by atoms with E-state index in [0.717, 1.165) is 13.1 Å². The molecular formula is C17H20N2. The zero-order valence-electron chi connectivity index (χ0n) is 11.5. The summed E-state index contributed by atoms with van der Waals surface area (Å²) in [6.45, 7) is 6.22. The highest BCUT2D eigenvalue weighted by atomic mass is 14.9. The number of likely N-dealkylation sites (N-methyl/N-ethyl adjacent to an activating group) is 1. The van der Waals surface area contributed by atoms with Crippen molar-refractivity contribution in [1.29, 1.82) is 0 Å². The molecule has 3 rings (SSSR count). The maximum atomic E-state index is 3.53. The quantitative estimate of drug-likeness (QED) is 0.861. The van der Waals surface area contributed by atoms with E-state index in [0.29, 0.717) is 6.04 Å². The molecule has 0 amide bonds. The van der Waals surface area contributed by atoms with Crippen LogP contribution in [0.3, 0.4) is 0 Å². The SMILES string of the molecule is CCNc1ccc2cccc3c2c1C=CC3NCC. The van der Waals surface area contributed by atoms with Crippen LogP contribution in [0.15, 0.2) is 36.4 Å². The van der Waals surface area contributed by atoms with Crippen LogP contribution in [0.2, 0.25) is 0 Å². The Bertz CT molecular complexity index is 628. The van der Waals surface area contributed by atoms with Gasteiger partial charge in [-0.2, -0.15) is 0 Å². The van der Waals surface area contributed by atoms with Crippen LogP contribution in [0.5, 0.6) is 0 Å². The van der Waals surface area contributed by atoms with E-state index in [-0.39, 0.29) is 0 Å². The molecule has 0 spiro atoms. The third-order valence-corrected chi connectivity index (χ3v) is 3.70. The second-order valence-corrected chi connectivity index (χ2v) is 4.90. The molecule has 0 fully saturated rings. The van der Waals surface area contributed by atoms with Gasteiger partial charge in [0.25, 0.3) is 0 Å². The van der Waals surface area contributed by atoms with Gasteiger partial charge in [-0.05, 0) is 35.9 Å². The van der Waals surface area contributed by atoms with Crippen molar-refractivity contribution in [3.63, 3.8) is 0 Å². The van der Waals surface area contributed by atoms with E-state index >= 15 is 0 Å². The molecule has 2 nitrogen and oxygen atoms in total. The first kappa shape index (κ1) is 12.2. The Morgan fingerprint density at radius 3 is 2.74 bits per heavy atom. The number of hydrogen-bond donors (Lipinski definition) is 2. The van der Waals surface area contributed by atoms with Gasteiger partial charge in [-0.1, -0.05) is 43.3 Å². The van der Waals surface area contributed by atoms with Crippen molar-refractivity contribution >= 4 is 22.5 Å². The Morgan fingerprint density at radius 2 is 1.95 bits per heavy atom. The van der Waals surface area contributed by atoms with Crippen molar-refractivity contribution in [3.8, 4) is 0 Å². The fraction of sp³-hybridized carbons (Fsp3) is 0.294. The molecule has 2 aromatic carbocycles. The van der Waals surface area contributed by atoms with Crippen molar-refractivity contribution in [3.05, 3.63) is 47.5 Å². The maximum Gasteiger partial charge on any atom is 0.0515 e. The summed E-state index contributed by atoms with van der Waals surface area (Å²) in [5.41, 5.74) is 3.94. The van der Waals surface area contributed by atoms with Gasteiger partial charge in [0, 0.05) is 17.8 Å². The molecule has 0 radical (unpaired) electrons. The summed E-state index contributed by atoms with van der Waals surface area (Å²) >= 11 is 0. The highest BCUT2D eigenvalue weighted by Crippen LogP contribution is 2.37. The molecule has 0 bridgehead atoms. The monoisotopic (exact) mass is 252 g/mol. The molecule has 1 atom stereocenters. The second-order valence-electron chi connectivity index (χ2n) is 4.90. The fourth-order valence-electron chi connectivity index (χ4n) is 2.91. The van der Waals surface area contributed by atoms with Crippen LogP contribution in [0.1, 0.15) is 31.0 Å². The zero-order chi connectivity index (χ0) is 13.2. The second kappa shape index (κ2) is 5.06. The van der Waals surface area contributed by atoms with Crippen molar-refractivity contribution < 1.29 is 0 Å². The lowest BCUT2D eigenvalue weighted by atomic mass is 9.89. The Hall–Kier alpha value is -1.80. The lowest BCUT2D eigenvalue weighted by Crippen LogP contribution is -2.20. The molecule has 1 unspecified atom stereocenters. The molecule has 2 N–H and O–H groups in total. The van der Waals surface area contributed by atoms with Gasteiger partial charge in [0.2, 0.25) is 0 Å². The van der Waals surface area contributed by atoms with Gasteiger partial charge in [-0.3, -0.25) is 0 Å². The van der Waals surface area contributed by atoms with E-state index in [1.807, 2.05) is 0 Å². The van der Waals surface area contributed by atoms with Crippen molar-refractivity contribution in [1.82, 2.24) is 5.32 Å². The van der Waals surface area contributed by atoms with E-state index < -0.39 is 0 Å². The standard InChI is InChI=1S/C17H20N2/c1-3-18-15-10-8-12-6-5-7-13-16(19-4-2)11-9-14(15)17(12)13/h5-11,16,18-19H,3-4H2,1-2H3. The third-order valence-electron chi connectivity index (χ3n) is 3.70. The topological polar surface area (TPSA) is 24.1 Å². The van der Waals surface area contributed by atoms with Crippen LogP contribution >= 0.6 is 0 Å². The predicted octanol–water partition coefficient (Wildman–Crippen LogP) is 3.95. The molecular weight excluding hydrogens is 232 g/mol. The van der Waals surface area contributed by atoms with Gasteiger partial charge in [0.05, 0.1) is 6.04 Å². The van der Waals surface area contributed by atoms with Gasteiger partial charge in [0.15, 0.2) is 0 Å². The molecule has 0 heterocycles. The smallest absolute Gasteiger partial charge is 0.0515 e. The molecule has 0 aliphatic heterocycles. The van der Waals surface area contributed by atoms with Crippen LogP contribution in [0.25, 0.3) is 16.8 Å². The molecule has 1 aliphatic carbocycles. The Balaban J connectivity index is 2.23. The minimum absolute atomic E-state index is 0.332. The summed E-state index contributed by atoms with van der Waals surface area (Å²) in [5.74, 6) is 0. The molecule has 0 saturated heterocycles. The summed E-state index contributed by atoms with van der Waals surface area (Å²) in [6.07, 6.45) is 4.52. The highest BCUT2D eigenvalue weighted by Gasteiger charge is 2.18. The van der Waals surface area contributed by atoms with Crippen molar-refractivity contribution in [2.75, 3.05) is 18.4 Å². The summed E-state index contributed by atoms with van der Waals surface area (Å²) in [5, 5.41) is 9.69. The van der Waals surface area contributed by atoms with Gasteiger partial charge in [-0.15, -0.1) is 0 Å². The number of anilines is 1. The highest BCUT2D eigenvalue weighted by molar-refractivity contribution is 6.00. The Kier molecular flexibility index (Phi) is 3.26. The average Bonchev–Trinajstić information content (AvgIpc) is 2.44. The number of benzene rings is 2. The summed E-state index contributed by atoms with van der Waals surface area (Å²) in [7, 11) is 0. The first-order chi connectivity index (χ1) is 9.35. The maximum absolute atomic E-state index is 3.53. The molecule has 0 saturated carbocycles. The van der Waals surface area contributed by atoms with Crippen LogP contribution in [0, 0.1) is 0 Å². The lowest BCUT2D eigenvalue weighted by Gasteiger charge is -2.23. The van der Waals surface area contributed by atoms with Gasteiger partial charge in [0.1, 0.15) is 0 Å². The minimum atomic E-state index is 0.332. The van der Waals surface area contributed by atoms with Gasteiger partial charge in [-0.25, -0.2) is 0 Å². The normalized spacial score (nSPS) is 16.8. The average molecular weight is 252 g/mol. The first-order valence-corrected chi connectivity index (χ1v) is 7.06.